The van der Waals surface area contributed by atoms with Crippen LogP contribution in [-0.2, 0) is 19.1 Å². The Bertz CT molecular complexity index is 922. The molecule has 1 fully saturated rings. The molecule has 0 aromatic heterocycles. The van der Waals surface area contributed by atoms with Gasteiger partial charge < -0.3 is 28.4 Å². The van der Waals surface area contributed by atoms with E-state index in [0.29, 0.717) is 37.2 Å². The molecule has 0 saturated heterocycles. The molecule has 0 amide bonds. The first-order valence-corrected chi connectivity index (χ1v) is 10.5. The largest absolute Gasteiger partial charge is 0.513 e. The van der Waals surface area contributed by atoms with Crippen LogP contribution in [0.15, 0.2) is 48.5 Å². The zero-order valence-corrected chi connectivity index (χ0v) is 18.7. The molecule has 0 unspecified atom stereocenters. The van der Waals surface area contributed by atoms with E-state index in [2.05, 4.69) is 9.47 Å². The van der Waals surface area contributed by atoms with Gasteiger partial charge in [0, 0.05) is 0 Å². The van der Waals surface area contributed by atoms with Crippen molar-refractivity contribution in [2.24, 2.45) is 11.8 Å². The first kappa shape index (κ1) is 24.6. The minimum absolute atomic E-state index is 0.260. The predicted octanol–water partition coefficient (Wildman–Crippen LogP) is 4.29. The zero-order chi connectivity index (χ0) is 24.5. The summed E-state index contributed by atoms with van der Waals surface area (Å²) in [6, 6.07) is 12.0. The van der Waals surface area contributed by atoms with Gasteiger partial charge in [-0.2, -0.15) is 0 Å². The Kier molecular flexibility index (Phi) is 8.44. The van der Waals surface area contributed by atoms with Gasteiger partial charge in [-0.1, -0.05) is 0 Å². The lowest BCUT2D eigenvalue weighted by Gasteiger charge is -2.25. The molecule has 0 radical (unpaired) electrons. The monoisotopic (exact) mass is 472 g/mol. The van der Waals surface area contributed by atoms with Crippen LogP contribution >= 0.6 is 0 Å². The van der Waals surface area contributed by atoms with Gasteiger partial charge in [0.1, 0.15) is 23.0 Å². The molecule has 0 aliphatic heterocycles. The average molecular weight is 472 g/mol. The van der Waals surface area contributed by atoms with Crippen molar-refractivity contribution < 1.29 is 47.6 Å². The maximum absolute atomic E-state index is 12.5. The second-order valence-electron chi connectivity index (χ2n) is 7.45. The number of rotatable bonds is 6. The number of esters is 2. The molecule has 0 bridgehead atoms. The fraction of sp³-hybridized carbons (Fsp3) is 0.333. The van der Waals surface area contributed by atoms with Crippen molar-refractivity contribution in [3.8, 4) is 23.0 Å². The third-order valence-corrected chi connectivity index (χ3v) is 5.21. The van der Waals surface area contributed by atoms with Crippen LogP contribution in [0.2, 0.25) is 0 Å². The normalized spacial score (nSPS) is 17.1. The molecule has 10 nitrogen and oxygen atoms in total. The van der Waals surface area contributed by atoms with E-state index in [1.165, 1.54) is 62.8 Å². The first-order chi connectivity index (χ1) is 16.4. The van der Waals surface area contributed by atoms with Gasteiger partial charge in [-0.3, -0.25) is 9.59 Å². The van der Waals surface area contributed by atoms with Gasteiger partial charge in [-0.05, 0) is 74.2 Å². The number of ether oxygens (including phenoxy) is 6. The molecule has 2 aromatic carbocycles. The highest BCUT2D eigenvalue weighted by Crippen LogP contribution is 2.32. The molecule has 2 aromatic rings. The maximum atomic E-state index is 12.5. The predicted molar refractivity (Wildman–Crippen MR) is 116 cm³/mol. The standard InChI is InChI=1S/C24H24O10/c1-29-23(27)33-19-11-7-17(8-12-19)31-21(25)15-3-5-16(6-4-15)22(26)32-18-9-13-20(14-10-18)34-24(28)30-2/h7-16H,3-6H2,1-2H3. The second-order valence-corrected chi connectivity index (χ2v) is 7.45. The minimum atomic E-state index is -0.843. The molecule has 34 heavy (non-hydrogen) atoms. The van der Waals surface area contributed by atoms with Gasteiger partial charge in [0.25, 0.3) is 0 Å². The van der Waals surface area contributed by atoms with Gasteiger partial charge in [0.2, 0.25) is 0 Å². The third-order valence-electron chi connectivity index (χ3n) is 5.21. The van der Waals surface area contributed by atoms with Crippen molar-refractivity contribution in [1.29, 1.82) is 0 Å². The van der Waals surface area contributed by atoms with Crippen LogP contribution in [-0.4, -0.2) is 38.5 Å². The van der Waals surface area contributed by atoms with Gasteiger partial charge in [-0.25, -0.2) is 9.59 Å². The number of benzene rings is 2. The van der Waals surface area contributed by atoms with E-state index >= 15 is 0 Å². The summed E-state index contributed by atoms with van der Waals surface area (Å²) >= 11 is 0. The van der Waals surface area contributed by atoms with Crippen molar-refractivity contribution in [2.45, 2.75) is 25.7 Å². The maximum Gasteiger partial charge on any atom is 0.513 e. The van der Waals surface area contributed by atoms with Crippen molar-refractivity contribution >= 4 is 24.2 Å². The zero-order valence-electron chi connectivity index (χ0n) is 18.7. The van der Waals surface area contributed by atoms with E-state index in [-0.39, 0.29) is 35.3 Å². The summed E-state index contributed by atoms with van der Waals surface area (Å²) in [4.78, 5) is 47.2. The smallest absolute Gasteiger partial charge is 0.437 e. The molecule has 0 N–H and O–H groups in total. The first-order valence-electron chi connectivity index (χ1n) is 10.5. The summed E-state index contributed by atoms with van der Waals surface area (Å²) in [6.45, 7) is 0. The Morgan fingerprint density at radius 1 is 0.529 bits per heavy atom. The fourth-order valence-electron chi connectivity index (χ4n) is 3.39. The van der Waals surface area contributed by atoms with Gasteiger partial charge >= 0.3 is 24.2 Å². The Balaban J connectivity index is 1.44. The molecular formula is C24H24O10. The summed E-state index contributed by atoms with van der Waals surface area (Å²) in [5, 5.41) is 0. The van der Waals surface area contributed by atoms with Crippen LogP contribution in [0.5, 0.6) is 23.0 Å². The molecule has 1 aliphatic carbocycles. The van der Waals surface area contributed by atoms with E-state index in [9.17, 15) is 19.2 Å². The third kappa shape index (κ3) is 6.96. The Morgan fingerprint density at radius 3 is 1.06 bits per heavy atom. The summed E-state index contributed by atoms with van der Waals surface area (Å²) in [5.74, 6) is -0.252. The number of carbonyl (C=O) groups excluding carboxylic acids is 4. The molecule has 3 rings (SSSR count). The van der Waals surface area contributed by atoms with E-state index in [4.69, 9.17) is 18.9 Å². The highest BCUT2D eigenvalue weighted by molar-refractivity contribution is 5.78. The van der Waals surface area contributed by atoms with Gasteiger partial charge in [0.05, 0.1) is 26.1 Å². The van der Waals surface area contributed by atoms with Crippen LogP contribution in [0.3, 0.4) is 0 Å². The van der Waals surface area contributed by atoms with Gasteiger partial charge in [0.15, 0.2) is 0 Å². The summed E-state index contributed by atoms with van der Waals surface area (Å²) < 4.78 is 29.4. The molecule has 0 atom stereocenters. The highest BCUT2D eigenvalue weighted by Gasteiger charge is 2.32. The molecule has 10 heteroatoms. The quantitative estimate of drug-likeness (QED) is 0.341. The lowest BCUT2D eigenvalue weighted by atomic mass is 9.82. The van der Waals surface area contributed by atoms with E-state index in [0.717, 1.165) is 0 Å². The molecule has 1 saturated carbocycles. The van der Waals surface area contributed by atoms with E-state index in [1.54, 1.807) is 0 Å². The van der Waals surface area contributed by atoms with Crippen LogP contribution in [0.4, 0.5) is 9.59 Å². The van der Waals surface area contributed by atoms with Crippen molar-refractivity contribution in [1.82, 2.24) is 0 Å². The lowest BCUT2D eigenvalue weighted by molar-refractivity contribution is -0.145. The number of hydrogen-bond donors (Lipinski definition) is 0. The number of carbonyl (C=O) groups is 4. The SMILES string of the molecule is COC(=O)Oc1ccc(OC(=O)C2CCC(C(=O)Oc3ccc(OC(=O)OC)cc3)CC2)cc1. The van der Waals surface area contributed by atoms with Crippen molar-refractivity contribution in [3.05, 3.63) is 48.5 Å². The summed E-state index contributed by atoms with van der Waals surface area (Å²) in [6.07, 6.45) is 0.290. The summed E-state index contributed by atoms with van der Waals surface area (Å²) in [7, 11) is 2.41. The Labute approximate surface area is 195 Å². The van der Waals surface area contributed by atoms with Crippen LogP contribution in [0.1, 0.15) is 25.7 Å². The van der Waals surface area contributed by atoms with Crippen LogP contribution < -0.4 is 18.9 Å². The van der Waals surface area contributed by atoms with Crippen molar-refractivity contribution in [2.75, 3.05) is 14.2 Å². The molecule has 0 spiro atoms. The lowest BCUT2D eigenvalue weighted by Crippen LogP contribution is -2.30. The van der Waals surface area contributed by atoms with Crippen LogP contribution in [0, 0.1) is 11.8 Å². The minimum Gasteiger partial charge on any atom is -0.437 e. The van der Waals surface area contributed by atoms with Gasteiger partial charge in [-0.15, -0.1) is 0 Å². The van der Waals surface area contributed by atoms with E-state index < -0.39 is 12.3 Å². The Hall–Kier alpha value is -4.08. The topological polar surface area (TPSA) is 124 Å². The van der Waals surface area contributed by atoms with Crippen molar-refractivity contribution in [3.63, 3.8) is 0 Å². The molecular weight excluding hydrogens is 448 g/mol. The highest BCUT2D eigenvalue weighted by atomic mass is 16.7. The fourth-order valence-corrected chi connectivity index (χ4v) is 3.39. The molecule has 1 aliphatic rings. The van der Waals surface area contributed by atoms with Crippen LogP contribution in [0.25, 0.3) is 0 Å². The van der Waals surface area contributed by atoms with E-state index in [1.807, 2.05) is 0 Å². The average Bonchev–Trinajstić information content (AvgIpc) is 2.86. The number of methoxy groups -OCH3 is 2. The second kappa shape index (κ2) is 11.7. The number of hydrogen-bond acceptors (Lipinski definition) is 10. The molecule has 0 heterocycles. The molecule has 180 valence electrons. The summed E-state index contributed by atoms with van der Waals surface area (Å²) in [5.41, 5.74) is 0. The Morgan fingerprint density at radius 2 is 0.794 bits per heavy atom.